The predicted molar refractivity (Wildman–Crippen MR) is 110 cm³/mol. The number of benzene rings is 2. The Bertz CT molecular complexity index is 1230. The molecular formula is C19H14ClN5O2S. The first kappa shape index (κ1) is 18.3. The largest absolute Gasteiger partial charge is 0.300 e. The molecule has 2 aromatic carbocycles. The Morgan fingerprint density at radius 2 is 1.93 bits per heavy atom. The van der Waals surface area contributed by atoms with Gasteiger partial charge in [-0.05, 0) is 31.2 Å². The smallest absolute Gasteiger partial charge is 0.278 e. The normalized spacial score (nSPS) is 10.9. The number of fused-ring (bicyclic) bond motifs is 1. The molecule has 4 rings (SSSR count). The Hall–Kier alpha value is -3.10. The highest BCUT2D eigenvalue weighted by Gasteiger charge is 2.14. The van der Waals surface area contributed by atoms with Gasteiger partial charge in [0.2, 0.25) is 5.91 Å². The standard InChI is InChI=1S/C19H14ClN5O2S/c1-11-17(12-6-8-13(20)9-7-12)22-19(28-11)21-16(26)10-25-18(27)14-4-2-3-5-15(14)23-24-25/h2-9H,10H2,1H3,(H,21,22,26). The Labute approximate surface area is 168 Å². The van der Waals surface area contributed by atoms with Gasteiger partial charge in [-0.15, -0.1) is 16.4 Å². The zero-order valence-electron chi connectivity index (χ0n) is 14.7. The van der Waals surface area contributed by atoms with Crippen LogP contribution in [-0.4, -0.2) is 25.9 Å². The number of rotatable bonds is 4. The second-order valence-electron chi connectivity index (χ2n) is 6.05. The van der Waals surface area contributed by atoms with Crippen molar-refractivity contribution in [3.05, 3.63) is 68.8 Å². The number of amides is 1. The lowest BCUT2D eigenvalue weighted by atomic mass is 10.1. The van der Waals surface area contributed by atoms with Gasteiger partial charge in [0.15, 0.2) is 5.13 Å². The molecule has 0 unspecified atom stereocenters. The molecule has 9 heteroatoms. The SMILES string of the molecule is Cc1sc(NC(=O)Cn2nnc3ccccc3c2=O)nc1-c1ccc(Cl)cc1. The summed E-state index contributed by atoms with van der Waals surface area (Å²) in [5, 5.41) is 12.0. The van der Waals surface area contributed by atoms with Crippen molar-refractivity contribution in [3.63, 3.8) is 0 Å². The maximum atomic E-state index is 12.4. The van der Waals surface area contributed by atoms with Crippen LogP contribution in [0.1, 0.15) is 4.88 Å². The van der Waals surface area contributed by atoms with Gasteiger partial charge in [0, 0.05) is 15.5 Å². The van der Waals surface area contributed by atoms with Crippen LogP contribution in [0.3, 0.4) is 0 Å². The highest BCUT2D eigenvalue weighted by atomic mass is 35.5. The molecule has 0 aliphatic carbocycles. The van der Waals surface area contributed by atoms with Crippen molar-refractivity contribution in [2.75, 3.05) is 5.32 Å². The summed E-state index contributed by atoms with van der Waals surface area (Å²) >= 11 is 7.29. The number of thiazole rings is 1. The van der Waals surface area contributed by atoms with E-state index in [4.69, 9.17) is 11.6 Å². The van der Waals surface area contributed by atoms with E-state index in [0.29, 0.717) is 21.1 Å². The number of aromatic nitrogens is 4. The molecule has 0 atom stereocenters. The maximum Gasteiger partial charge on any atom is 0.278 e. The summed E-state index contributed by atoms with van der Waals surface area (Å²) in [5.74, 6) is -0.400. The van der Waals surface area contributed by atoms with Crippen LogP contribution in [0.5, 0.6) is 0 Å². The van der Waals surface area contributed by atoms with E-state index in [9.17, 15) is 9.59 Å². The minimum absolute atomic E-state index is 0.244. The quantitative estimate of drug-likeness (QED) is 0.555. The van der Waals surface area contributed by atoms with E-state index >= 15 is 0 Å². The van der Waals surface area contributed by atoms with Gasteiger partial charge in [0.25, 0.3) is 5.56 Å². The molecule has 0 radical (unpaired) electrons. The molecule has 0 fully saturated rings. The fourth-order valence-electron chi connectivity index (χ4n) is 2.75. The highest BCUT2D eigenvalue weighted by Crippen LogP contribution is 2.30. The summed E-state index contributed by atoms with van der Waals surface area (Å²) < 4.78 is 1.04. The van der Waals surface area contributed by atoms with Crippen molar-refractivity contribution in [1.82, 2.24) is 20.0 Å². The van der Waals surface area contributed by atoms with Gasteiger partial charge >= 0.3 is 0 Å². The Balaban J connectivity index is 1.53. The third kappa shape index (κ3) is 3.64. The van der Waals surface area contributed by atoms with Gasteiger partial charge in [-0.25, -0.2) is 9.67 Å². The summed E-state index contributed by atoms with van der Waals surface area (Å²) in [5.41, 5.74) is 1.82. The topological polar surface area (TPSA) is 89.8 Å². The van der Waals surface area contributed by atoms with Crippen LogP contribution in [0.15, 0.2) is 53.3 Å². The van der Waals surface area contributed by atoms with Crippen LogP contribution < -0.4 is 10.9 Å². The maximum absolute atomic E-state index is 12.4. The molecule has 140 valence electrons. The van der Waals surface area contributed by atoms with Crippen molar-refractivity contribution in [1.29, 1.82) is 0 Å². The van der Waals surface area contributed by atoms with Crippen LogP contribution in [-0.2, 0) is 11.3 Å². The number of carbonyl (C=O) groups is 1. The highest BCUT2D eigenvalue weighted by molar-refractivity contribution is 7.16. The van der Waals surface area contributed by atoms with Crippen molar-refractivity contribution in [2.45, 2.75) is 13.5 Å². The molecule has 0 saturated heterocycles. The van der Waals surface area contributed by atoms with Gasteiger partial charge < -0.3 is 5.32 Å². The number of carbonyl (C=O) groups excluding carboxylic acids is 1. The number of anilines is 1. The second-order valence-corrected chi connectivity index (χ2v) is 7.69. The lowest BCUT2D eigenvalue weighted by Crippen LogP contribution is -2.30. The van der Waals surface area contributed by atoms with Gasteiger partial charge in [-0.3, -0.25) is 9.59 Å². The van der Waals surface area contributed by atoms with E-state index in [1.807, 2.05) is 19.1 Å². The summed E-state index contributed by atoms with van der Waals surface area (Å²) in [6.07, 6.45) is 0. The fraction of sp³-hybridized carbons (Fsp3) is 0.105. The minimum Gasteiger partial charge on any atom is -0.300 e. The molecule has 28 heavy (non-hydrogen) atoms. The minimum atomic E-state index is -0.400. The lowest BCUT2D eigenvalue weighted by molar-refractivity contribution is -0.117. The first-order valence-corrected chi connectivity index (χ1v) is 9.56. The van der Waals surface area contributed by atoms with Crippen molar-refractivity contribution >= 4 is 44.9 Å². The third-order valence-electron chi connectivity index (χ3n) is 4.08. The summed E-state index contributed by atoms with van der Waals surface area (Å²) in [6.45, 7) is 1.68. The van der Waals surface area contributed by atoms with Gasteiger partial charge in [0.05, 0.1) is 11.1 Å². The van der Waals surface area contributed by atoms with Crippen molar-refractivity contribution < 1.29 is 4.79 Å². The summed E-state index contributed by atoms with van der Waals surface area (Å²) in [4.78, 5) is 30.3. The average Bonchev–Trinajstić information content (AvgIpc) is 3.05. The molecule has 1 amide bonds. The Morgan fingerprint density at radius 3 is 2.71 bits per heavy atom. The van der Waals surface area contributed by atoms with Crippen LogP contribution >= 0.6 is 22.9 Å². The van der Waals surface area contributed by atoms with Crippen LogP contribution in [0, 0.1) is 6.92 Å². The molecule has 0 aliphatic heterocycles. The van der Waals surface area contributed by atoms with E-state index in [-0.39, 0.29) is 12.1 Å². The monoisotopic (exact) mass is 411 g/mol. The van der Waals surface area contributed by atoms with Crippen molar-refractivity contribution in [3.8, 4) is 11.3 Å². The van der Waals surface area contributed by atoms with Gasteiger partial charge in [-0.1, -0.05) is 41.1 Å². The van der Waals surface area contributed by atoms with E-state index < -0.39 is 5.91 Å². The fourth-order valence-corrected chi connectivity index (χ4v) is 3.73. The zero-order valence-corrected chi connectivity index (χ0v) is 16.3. The number of hydrogen-bond acceptors (Lipinski definition) is 6. The number of aryl methyl sites for hydroxylation is 1. The van der Waals surface area contributed by atoms with Crippen LogP contribution in [0.4, 0.5) is 5.13 Å². The number of halogens is 1. The molecule has 0 saturated carbocycles. The summed E-state index contributed by atoms with van der Waals surface area (Å²) in [7, 11) is 0. The molecular weight excluding hydrogens is 398 g/mol. The van der Waals surface area contributed by atoms with E-state index in [2.05, 4.69) is 20.6 Å². The van der Waals surface area contributed by atoms with Gasteiger partial charge in [-0.2, -0.15) is 0 Å². The first-order valence-electron chi connectivity index (χ1n) is 8.37. The molecule has 4 aromatic rings. The second kappa shape index (κ2) is 7.49. The van der Waals surface area contributed by atoms with Crippen LogP contribution in [0.25, 0.3) is 22.2 Å². The predicted octanol–water partition coefficient (Wildman–Crippen LogP) is 3.52. The summed E-state index contributed by atoms with van der Waals surface area (Å²) in [6, 6.07) is 14.2. The molecule has 0 aliphatic rings. The van der Waals surface area contributed by atoms with E-state index in [1.54, 1.807) is 36.4 Å². The van der Waals surface area contributed by atoms with Gasteiger partial charge in [0.1, 0.15) is 12.1 Å². The average molecular weight is 412 g/mol. The zero-order chi connectivity index (χ0) is 19.7. The number of hydrogen-bond donors (Lipinski definition) is 1. The molecule has 1 N–H and O–H groups in total. The number of nitrogens with one attached hydrogen (secondary N) is 1. The first-order chi connectivity index (χ1) is 13.5. The van der Waals surface area contributed by atoms with E-state index in [1.165, 1.54) is 11.3 Å². The lowest BCUT2D eigenvalue weighted by Gasteiger charge is -2.04. The third-order valence-corrected chi connectivity index (χ3v) is 5.22. The van der Waals surface area contributed by atoms with E-state index in [0.717, 1.165) is 20.8 Å². The molecule has 7 nitrogen and oxygen atoms in total. The molecule has 0 spiro atoms. The Kier molecular flexibility index (Phi) is 4.89. The van der Waals surface area contributed by atoms with Crippen LogP contribution in [0.2, 0.25) is 5.02 Å². The molecule has 0 bridgehead atoms. The molecule has 2 heterocycles. The van der Waals surface area contributed by atoms with Crippen molar-refractivity contribution in [2.24, 2.45) is 0 Å². The molecule has 2 aromatic heterocycles. The number of nitrogens with zero attached hydrogens (tertiary/aromatic N) is 4. The Morgan fingerprint density at radius 1 is 1.18 bits per heavy atom.